The van der Waals surface area contributed by atoms with Crippen LogP contribution >= 0.6 is 11.8 Å². The molecular weight excluding hydrogens is 414 g/mol. The van der Waals surface area contributed by atoms with Gasteiger partial charge in [0.2, 0.25) is 5.91 Å². The van der Waals surface area contributed by atoms with Crippen molar-refractivity contribution in [1.82, 2.24) is 4.90 Å². The van der Waals surface area contributed by atoms with Gasteiger partial charge in [0.1, 0.15) is 0 Å². The van der Waals surface area contributed by atoms with E-state index in [2.05, 4.69) is 43.1 Å². The predicted molar refractivity (Wildman–Crippen MR) is 135 cm³/mol. The van der Waals surface area contributed by atoms with Gasteiger partial charge in [0.15, 0.2) is 5.17 Å². The molecule has 174 valence electrons. The minimum atomic E-state index is 0.116. The van der Waals surface area contributed by atoms with Crippen LogP contribution < -0.4 is 5.32 Å². The quantitative estimate of drug-likeness (QED) is 0.527. The monoisotopic (exact) mass is 453 g/mol. The third-order valence-electron chi connectivity index (χ3n) is 8.18. The van der Waals surface area contributed by atoms with E-state index in [4.69, 9.17) is 4.99 Å². The van der Waals surface area contributed by atoms with Gasteiger partial charge in [-0.1, -0.05) is 44.7 Å². The van der Waals surface area contributed by atoms with E-state index in [1.165, 1.54) is 49.3 Å². The number of amidine groups is 1. The van der Waals surface area contributed by atoms with Crippen molar-refractivity contribution in [2.45, 2.75) is 89.6 Å². The lowest BCUT2D eigenvalue weighted by Gasteiger charge is -2.55. The lowest BCUT2D eigenvalue weighted by Crippen LogP contribution is -2.50. The number of aliphatic imine (C=N–C) groups is 1. The summed E-state index contributed by atoms with van der Waals surface area (Å²) in [6.07, 6.45) is 9.92. The molecule has 0 radical (unpaired) electrons. The van der Waals surface area contributed by atoms with Crippen LogP contribution in [0.25, 0.3) is 0 Å². The summed E-state index contributed by atoms with van der Waals surface area (Å²) in [6.45, 7) is 7.62. The van der Waals surface area contributed by atoms with Gasteiger partial charge in [0.05, 0.1) is 5.54 Å². The first kappa shape index (κ1) is 22.3. The molecule has 1 atom stereocenters. The van der Waals surface area contributed by atoms with E-state index in [-0.39, 0.29) is 17.5 Å². The molecule has 1 N–H and O–H groups in total. The van der Waals surface area contributed by atoms with E-state index in [0.717, 1.165) is 42.2 Å². The maximum atomic E-state index is 12.9. The Morgan fingerprint density at radius 1 is 1.12 bits per heavy atom. The van der Waals surface area contributed by atoms with Crippen molar-refractivity contribution in [3.8, 4) is 0 Å². The van der Waals surface area contributed by atoms with Crippen LogP contribution in [0.2, 0.25) is 0 Å². The minimum absolute atomic E-state index is 0.116. The van der Waals surface area contributed by atoms with Crippen LogP contribution in [0.4, 0.5) is 5.69 Å². The Balaban J connectivity index is 1.25. The summed E-state index contributed by atoms with van der Waals surface area (Å²) in [5.41, 5.74) is 2.41. The van der Waals surface area contributed by atoms with Crippen LogP contribution in [0, 0.1) is 17.8 Å². The fraction of sp³-hybridized carbons (Fsp3) is 0.704. The Bertz CT molecular complexity index is 827. The van der Waals surface area contributed by atoms with Gasteiger partial charge in [-0.3, -0.25) is 9.79 Å². The van der Waals surface area contributed by atoms with Gasteiger partial charge in [-0.25, -0.2) is 0 Å². The second-order valence-corrected chi connectivity index (χ2v) is 12.2. The van der Waals surface area contributed by atoms with Gasteiger partial charge in [0, 0.05) is 30.4 Å². The van der Waals surface area contributed by atoms with Crippen molar-refractivity contribution in [1.29, 1.82) is 0 Å². The molecule has 0 spiro atoms. The molecule has 32 heavy (non-hydrogen) atoms. The van der Waals surface area contributed by atoms with Crippen molar-refractivity contribution in [2.24, 2.45) is 22.7 Å². The minimum Gasteiger partial charge on any atom is -0.347 e. The SMILES string of the molecule is CCCN1C(=NC23CC4CC(CC(C4)C2)C3)SCC1CC(=O)Nc1ccc(C(C)C)cc1. The zero-order chi connectivity index (χ0) is 22.3. The van der Waals surface area contributed by atoms with E-state index < -0.39 is 0 Å². The van der Waals surface area contributed by atoms with E-state index >= 15 is 0 Å². The van der Waals surface area contributed by atoms with Gasteiger partial charge in [0.25, 0.3) is 0 Å². The molecule has 1 aromatic rings. The number of nitrogens with zero attached hydrogens (tertiary/aromatic N) is 2. The van der Waals surface area contributed by atoms with E-state index in [0.29, 0.717) is 12.3 Å². The largest absolute Gasteiger partial charge is 0.347 e. The third-order valence-corrected chi connectivity index (χ3v) is 9.31. The first-order valence-electron chi connectivity index (χ1n) is 12.8. The Morgan fingerprint density at radius 3 is 2.31 bits per heavy atom. The lowest BCUT2D eigenvalue weighted by molar-refractivity contribution is -0.116. The summed E-state index contributed by atoms with van der Waals surface area (Å²) < 4.78 is 0. The van der Waals surface area contributed by atoms with Gasteiger partial charge in [-0.05, 0) is 86.3 Å². The number of anilines is 1. The van der Waals surface area contributed by atoms with E-state index in [1.54, 1.807) is 0 Å². The van der Waals surface area contributed by atoms with Crippen molar-refractivity contribution in [3.05, 3.63) is 29.8 Å². The first-order valence-corrected chi connectivity index (χ1v) is 13.8. The first-order chi connectivity index (χ1) is 15.4. The maximum absolute atomic E-state index is 12.9. The Hall–Kier alpha value is -1.49. The number of nitrogens with one attached hydrogen (secondary N) is 1. The van der Waals surface area contributed by atoms with Crippen molar-refractivity contribution < 1.29 is 4.79 Å². The van der Waals surface area contributed by atoms with Crippen molar-refractivity contribution in [3.63, 3.8) is 0 Å². The van der Waals surface area contributed by atoms with Gasteiger partial charge in [-0.2, -0.15) is 0 Å². The Kier molecular flexibility index (Phi) is 6.30. The fourth-order valence-corrected chi connectivity index (χ4v) is 8.37. The van der Waals surface area contributed by atoms with Crippen LogP contribution in [0.3, 0.4) is 0 Å². The molecule has 5 aliphatic rings. The molecule has 5 fully saturated rings. The highest BCUT2D eigenvalue weighted by Gasteiger charge is 2.51. The molecule has 4 saturated carbocycles. The number of carbonyl (C=O) groups excluding carboxylic acids is 1. The average Bonchev–Trinajstić information content (AvgIpc) is 3.08. The summed E-state index contributed by atoms with van der Waals surface area (Å²) in [4.78, 5) is 20.8. The molecule has 1 amide bonds. The molecule has 1 aromatic carbocycles. The van der Waals surface area contributed by atoms with Gasteiger partial charge in [-0.15, -0.1) is 0 Å². The molecule has 0 aromatic heterocycles. The number of thioether (sulfide) groups is 1. The zero-order valence-electron chi connectivity index (χ0n) is 20.0. The summed E-state index contributed by atoms with van der Waals surface area (Å²) in [5, 5.41) is 4.35. The molecule has 1 heterocycles. The van der Waals surface area contributed by atoms with E-state index in [9.17, 15) is 4.79 Å². The predicted octanol–water partition coefficient (Wildman–Crippen LogP) is 6.29. The smallest absolute Gasteiger partial charge is 0.226 e. The van der Waals surface area contributed by atoms with Crippen molar-refractivity contribution >= 4 is 28.5 Å². The van der Waals surface area contributed by atoms with Crippen LogP contribution in [-0.2, 0) is 4.79 Å². The number of benzene rings is 1. The summed E-state index contributed by atoms with van der Waals surface area (Å²) >= 11 is 1.90. The van der Waals surface area contributed by atoms with Crippen LogP contribution in [0.5, 0.6) is 0 Å². The third kappa shape index (κ3) is 4.60. The van der Waals surface area contributed by atoms with Crippen LogP contribution in [0.1, 0.15) is 83.6 Å². The molecule has 4 aliphatic carbocycles. The summed E-state index contributed by atoms with van der Waals surface area (Å²) in [7, 11) is 0. The standard InChI is InChI=1S/C27H39N3OS/c1-4-9-30-24(13-25(31)28-23-7-5-22(6-8-23)18(2)3)17-32-26(30)29-27-14-19-10-20(15-27)12-21(11-19)16-27/h5-8,18-21,24H,4,9-17H2,1-3H3,(H,28,31). The van der Waals surface area contributed by atoms with E-state index in [1.807, 2.05) is 23.9 Å². The molecule has 5 heteroatoms. The maximum Gasteiger partial charge on any atom is 0.226 e. The number of hydrogen-bond acceptors (Lipinski definition) is 3. The van der Waals surface area contributed by atoms with Crippen LogP contribution in [-0.4, -0.2) is 39.9 Å². The molecule has 4 bridgehead atoms. The number of hydrogen-bond donors (Lipinski definition) is 1. The molecule has 1 unspecified atom stereocenters. The van der Waals surface area contributed by atoms with Gasteiger partial charge >= 0.3 is 0 Å². The second kappa shape index (κ2) is 9.04. The van der Waals surface area contributed by atoms with Crippen molar-refractivity contribution in [2.75, 3.05) is 17.6 Å². The Labute approximate surface area is 198 Å². The highest BCUT2D eigenvalue weighted by Crippen LogP contribution is 2.57. The van der Waals surface area contributed by atoms with Crippen LogP contribution in [0.15, 0.2) is 29.3 Å². The molecule has 6 rings (SSSR count). The molecule has 1 aliphatic heterocycles. The molecule has 1 saturated heterocycles. The molecular formula is C27H39N3OS. The summed E-state index contributed by atoms with van der Waals surface area (Å²) in [6, 6.07) is 8.54. The number of amides is 1. The number of carbonyl (C=O) groups is 1. The summed E-state index contributed by atoms with van der Waals surface area (Å²) in [5.74, 6) is 4.35. The van der Waals surface area contributed by atoms with Gasteiger partial charge < -0.3 is 10.2 Å². The second-order valence-electron chi connectivity index (χ2n) is 11.2. The fourth-order valence-electron chi connectivity index (χ4n) is 7.07. The molecule has 4 nitrogen and oxygen atoms in total. The normalized spacial score (nSPS) is 34.6. The zero-order valence-corrected chi connectivity index (χ0v) is 20.8. The lowest BCUT2D eigenvalue weighted by atomic mass is 9.53. The topological polar surface area (TPSA) is 44.7 Å². The average molecular weight is 454 g/mol. The Morgan fingerprint density at radius 2 is 1.75 bits per heavy atom. The highest BCUT2D eigenvalue weighted by atomic mass is 32.2. The number of rotatable bonds is 7. The highest BCUT2D eigenvalue weighted by molar-refractivity contribution is 8.14.